The molecule has 0 aromatic carbocycles. The Bertz CT molecular complexity index is 152. The first kappa shape index (κ1) is 8.91. The van der Waals surface area contributed by atoms with E-state index in [-0.39, 0.29) is 0 Å². The van der Waals surface area contributed by atoms with E-state index in [0.717, 1.165) is 6.42 Å². The molecule has 2 nitrogen and oxygen atoms in total. The van der Waals surface area contributed by atoms with Gasteiger partial charge in [-0.05, 0) is 29.8 Å². The van der Waals surface area contributed by atoms with Crippen LogP contribution in [0.3, 0.4) is 0 Å². The van der Waals surface area contributed by atoms with E-state index in [1.54, 1.807) is 0 Å². The molecule has 1 saturated carbocycles. The molecule has 0 unspecified atom stereocenters. The molecular formula is C8H16N2S. The molecule has 3 N–H and O–H groups in total. The molecule has 1 fully saturated rings. The van der Waals surface area contributed by atoms with E-state index >= 15 is 0 Å². The van der Waals surface area contributed by atoms with E-state index < -0.39 is 0 Å². The van der Waals surface area contributed by atoms with Crippen LogP contribution in [0.25, 0.3) is 0 Å². The molecule has 0 heterocycles. The molecule has 0 aliphatic heterocycles. The van der Waals surface area contributed by atoms with E-state index in [1.807, 2.05) is 11.8 Å². The van der Waals surface area contributed by atoms with Crippen LogP contribution in [0.15, 0.2) is 0 Å². The number of amidine groups is 1. The molecule has 0 saturated heterocycles. The molecule has 0 aromatic rings. The van der Waals surface area contributed by atoms with Crippen molar-refractivity contribution >= 4 is 17.6 Å². The third-order valence-corrected chi connectivity index (χ3v) is 3.36. The second-order valence-corrected chi connectivity index (χ2v) is 4.61. The van der Waals surface area contributed by atoms with Crippen molar-refractivity contribution < 1.29 is 0 Å². The first-order valence-electron chi connectivity index (χ1n) is 4.09. The van der Waals surface area contributed by atoms with Gasteiger partial charge in [-0.1, -0.05) is 6.92 Å². The lowest BCUT2D eigenvalue weighted by Crippen LogP contribution is -2.18. The number of rotatable bonds is 5. The fourth-order valence-corrected chi connectivity index (χ4v) is 2.30. The SMILES string of the molecule is CCSCC1(CC(=N)N)CC1. The molecule has 1 rings (SSSR count). The monoisotopic (exact) mass is 172 g/mol. The van der Waals surface area contributed by atoms with Crippen LogP contribution < -0.4 is 5.73 Å². The van der Waals surface area contributed by atoms with Crippen molar-refractivity contribution in [1.29, 1.82) is 5.41 Å². The summed E-state index contributed by atoms with van der Waals surface area (Å²) in [7, 11) is 0. The highest BCUT2D eigenvalue weighted by Gasteiger charge is 2.42. The van der Waals surface area contributed by atoms with Gasteiger partial charge in [0.1, 0.15) is 0 Å². The van der Waals surface area contributed by atoms with E-state index in [9.17, 15) is 0 Å². The minimum atomic E-state index is 0.360. The molecule has 11 heavy (non-hydrogen) atoms. The average Bonchev–Trinajstić information content (AvgIpc) is 2.64. The summed E-state index contributed by atoms with van der Waals surface area (Å²) >= 11 is 1.97. The lowest BCUT2D eigenvalue weighted by molar-refractivity contribution is 0.612. The third kappa shape index (κ3) is 2.73. The van der Waals surface area contributed by atoms with Gasteiger partial charge in [-0.25, -0.2) is 0 Å². The normalized spacial score (nSPS) is 19.7. The van der Waals surface area contributed by atoms with E-state index in [0.29, 0.717) is 11.3 Å². The summed E-state index contributed by atoms with van der Waals surface area (Å²) < 4.78 is 0. The highest BCUT2D eigenvalue weighted by atomic mass is 32.2. The standard InChI is InChI=1S/C8H16N2S/c1-2-11-6-8(3-4-8)5-7(9)10/h2-6H2,1H3,(H3,9,10). The second kappa shape index (κ2) is 3.48. The van der Waals surface area contributed by atoms with Crippen molar-refractivity contribution in [2.45, 2.75) is 26.2 Å². The van der Waals surface area contributed by atoms with E-state index in [1.165, 1.54) is 24.3 Å². The highest BCUT2D eigenvalue weighted by Crippen LogP contribution is 2.50. The van der Waals surface area contributed by atoms with Gasteiger partial charge in [0, 0.05) is 6.42 Å². The Balaban J connectivity index is 2.23. The summed E-state index contributed by atoms with van der Waals surface area (Å²) in [6.07, 6.45) is 3.37. The highest BCUT2D eigenvalue weighted by molar-refractivity contribution is 7.99. The first-order valence-corrected chi connectivity index (χ1v) is 5.25. The molecule has 1 aliphatic rings. The molecule has 3 heteroatoms. The van der Waals surface area contributed by atoms with Crippen molar-refractivity contribution in [1.82, 2.24) is 0 Å². The Labute approximate surface area is 72.4 Å². The third-order valence-electron chi connectivity index (χ3n) is 2.13. The molecule has 0 radical (unpaired) electrons. The summed E-state index contributed by atoms with van der Waals surface area (Å²) in [6, 6.07) is 0. The van der Waals surface area contributed by atoms with Crippen LogP contribution >= 0.6 is 11.8 Å². The van der Waals surface area contributed by atoms with Gasteiger partial charge in [-0.15, -0.1) is 0 Å². The minimum Gasteiger partial charge on any atom is -0.388 e. The van der Waals surface area contributed by atoms with Crippen LogP contribution in [-0.2, 0) is 0 Å². The summed E-state index contributed by atoms with van der Waals surface area (Å²) in [5.41, 5.74) is 5.80. The number of hydrogen-bond acceptors (Lipinski definition) is 2. The van der Waals surface area contributed by atoms with Gasteiger partial charge < -0.3 is 5.73 Å². The Morgan fingerprint density at radius 3 is 2.64 bits per heavy atom. The van der Waals surface area contributed by atoms with Gasteiger partial charge in [0.15, 0.2) is 0 Å². The lowest BCUT2D eigenvalue weighted by atomic mass is 10.1. The van der Waals surface area contributed by atoms with Crippen LogP contribution in [-0.4, -0.2) is 17.3 Å². The number of nitrogens with two attached hydrogens (primary N) is 1. The Morgan fingerprint density at radius 2 is 2.27 bits per heavy atom. The van der Waals surface area contributed by atoms with Crippen molar-refractivity contribution in [3.05, 3.63) is 0 Å². The van der Waals surface area contributed by atoms with Crippen LogP contribution in [0.1, 0.15) is 26.2 Å². The molecule has 0 aromatic heterocycles. The molecular weight excluding hydrogens is 156 g/mol. The van der Waals surface area contributed by atoms with E-state index in [2.05, 4.69) is 6.92 Å². The topological polar surface area (TPSA) is 49.9 Å². The molecule has 0 bridgehead atoms. The molecule has 0 amide bonds. The van der Waals surface area contributed by atoms with Gasteiger partial charge in [0.25, 0.3) is 0 Å². The van der Waals surface area contributed by atoms with Gasteiger partial charge in [-0.3, -0.25) is 5.41 Å². The summed E-state index contributed by atoms with van der Waals surface area (Å²) in [5, 5.41) is 7.19. The van der Waals surface area contributed by atoms with E-state index in [4.69, 9.17) is 11.1 Å². The van der Waals surface area contributed by atoms with Crippen molar-refractivity contribution in [3.8, 4) is 0 Å². The molecule has 1 aliphatic carbocycles. The quantitative estimate of drug-likeness (QED) is 0.491. The maximum atomic E-state index is 7.19. The van der Waals surface area contributed by atoms with Crippen LogP contribution in [0.2, 0.25) is 0 Å². The predicted octanol–water partition coefficient (Wildman–Crippen LogP) is 1.85. The van der Waals surface area contributed by atoms with Gasteiger partial charge in [-0.2, -0.15) is 11.8 Å². The van der Waals surface area contributed by atoms with Crippen molar-refractivity contribution in [2.75, 3.05) is 11.5 Å². The molecule has 0 spiro atoms. The lowest BCUT2D eigenvalue weighted by Gasteiger charge is -2.11. The van der Waals surface area contributed by atoms with Gasteiger partial charge in [0.05, 0.1) is 5.84 Å². The number of nitrogens with one attached hydrogen (secondary N) is 1. The van der Waals surface area contributed by atoms with Crippen molar-refractivity contribution in [2.24, 2.45) is 11.1 Å². The maximum Gasteiger partial charge on any atom is 0.0911 e. The summed E-state index contributed by atoms with van der Waals surface area (Å²) in [5.74, 6) is 2.74. The smallest absolute Gasteiger partial charge is 0.0911 e. The molecule has 64 valence electrons. The second-order valence-electron chi connectivity index (χ2n) is 3.34. The summed E-state index contributed by atoms with van der Waals surface area (Å²) in [6.45, 7) is 2.18. The number of hydrogen-bond donors (Lipinski definition) is 2. The fourth-order valence-electron chi connectivity index (χ4n) is 1.27. The van der Waals surface area contributed by atoms with Crippen molar-refractivity contribution in [3.63, 3.8) is 0 Å². The van der Waals surface area contributed by atoms with Crippen LogP contribution in [0, 0.1) is 10.8 Å². The zero-order chi connectivity index (χ0) is 8.32. The van der Waals surface area contributed by atoms with Gasteiger partial charge in [0.2, 0.25) is 0 Å². The summed E-state index contributed by atoms with van der Waals surface area (Å²) in [4.78, 5) is 0. The largest absolute Gasteiger partial charge is 0.388 e. The van der Waals surface area contributed by atoms with Crippen LogP contribution in [0.4, 0.5) is 0 Å². The Kier molecular flexibility index (Phi) is 2.82. The first-order chi connectivity index (χ1) is 5.18. The minimum absolute atomic E-state index is 0.360. The Hall–Kier alpha value is -0.180. The van der Waals surface area contributed by atoms with Gasteiger partial charge >= 0.3 is 0 Å². The van der Waals surface area contributed by atoms with Crippen LogP contribution in [0.5, 0.6) is 0 Å². The zero-order valence-corrected chi connectivity index (χ0v) is 7.84. The Morgan fingerprint density at radius 1 is 1.64 bits per heavy atom. The predicted molar refractivity (Wildman–Crippen MR) is 51.2 cm³/mol. The number of thioether (sulfide) groups is 1. The fraction of sp³-hybridized carbons (Fsp3) is 0.875. The molecule has 0 atom stereocenters. The average molecular weight is 172 g/mol. The zero-order valence-electron chi connectivity index (χ0n) is 7.02. The maximum absolute atomic E-state index is 7.19.